The average Bonchev–Trinajstić information content (AvgIpc) is 0.791. The molecule has 6 heterocycles. The summed E-state index contributed by atoms with van der Waals surface area (Å²) in [6, 6.07) is 174. The molecule has 0 aliphatic carbocycles. The molecule has 0 amide bonds. The van der Waals surface area contributed by atoms with Crippen LogP contribution in [0.3, 0.4) is 0 Å². The van der Waals surface area contributed by atoms with Crippen molar-refractivity contribution in [1.29, 1.82) is 0 Å². The van der Waals surface area contributed by atoms with Crippen molar-refractivity contribution in [1.82, 2.24) is 39.9 Å². The molecule has 0 saturated carbocycles. The minimum absolute atomic E-state index is 0.999. The van der Waals surface area contributed by atoms with E-state index in [4.69, 9.17) is 0 Å². The average molecular weight is 1840 g/mol. The van der Waals surface area contributed by atoms with E-state index in [1.165, 1.54) is 134 Å². The van der Waals surface area contributed by atoms with Gasteiger partial charge in [0, 0.05) is 96.6 Å². The predicted octanol–water partition coefficient (Wildman–Crippen LogP) is 35.2. The fraction of sp³-hybridized carbons (Fsp3) is 0. The van der Waals surface area contributed by atoms with Gasteiger partial charge in [0.15, 0.2) is 0 Å². The lowest BCUT2D eigenvalue weighted by atomic mass is 9.91. The van der Waals surface area contributed by atoms with Crippen LogP contribution >= 0.6 is 0 Å². The Morgan fingerprint density at radius 2 is 0.208 bits per heavy atom. The molecule has 0 spiro atoms. The quantitative estimate of drug-likeness (QED) is 0.0701. The molecule has 6 aromatic heterocycles. The fourth-order valence-corrected chi connectivity index (χ4v) is 18.9. The molecule has 8 nitrogen and oxygen atoms in total. The molecule has 24 rings (SSSR count). The smallest absolute Gasteiger partial charge is 0.115 e. The van der Waals surface area contributed by atoms with Crippen LogP contribution < -0.4 is 0 Å². The van der Waals surface area contributed by atoms with Crippen molar-refractivity contribution < 1.29 is 0 Å². The SMILES string of the molecule is c1ccc(-c2cc(-c3cccc(-c4cccc(-c5cccnc5)c4)c3)cc(-c3cccc(-c4cccc(-c5cccnc5)c4)c3)c2)cc1.c1ccc(-c2cc(-c3cccc(-c4cccc(-c5ccncc5)c4)c3)cc(-c3cccc(-c4cccc(-c5ccncc5)c4)c3)c2)cc1.c1ccc(-c2cc(-c3cccc(-c4cccc(-c5cncnc5)c4)c3)cc(-c3cccc(-c4cccc(-c5cncnc5)c4)c3)c2)cc1. The summed E-state index contributed by atoms with van der Waals surface area (Å²) >= 11 is 0. The number of hydrogen-bond donors (Lipinski definition) is 0. The summed E-state index contributed by atoms with van der Waals surface area (Å²) in [6.45, 7) is 0. The molecule has 678 valence electrons. The van der Waals surface area contributed by atoms with Gasteiger partial charge in [-0.2, -0.15) is 0 Å². The summed E-state index contributed by atoms with van der Waals surface area (Å²) in [4.78, 5) is 33.8. The number of rotatable bonds is 21. The summed E-state index contributed by atoms with van der Waals surface area (Å²) in [5, 5.41) is 0. The van der Waals surface area contributed by atoms with Gasteiger partial charge in [0.1, 0.15) is 12.7 Å². The highest BCUT2D eigenvalue weighted by molar-refractivity contribution is 5.91. The van der Waals surface area contributed by atoms with E-state index in [-0.39, 0.29) is 0 Å². The molecule has 0 radical (unpaired) electrons. The lowest BCUT2D eigenvalue weighted by Gasteiger charge is -2.14. The molecule has 0 unspecified atom stereocenters. The first-order valence-electron chi connectivity index (χ1n) is 48.3. The summed E-state index contributed by atoms with van der Waals surface area (Å²) < 4.78 is 0. The highest BCUT2D eigenvalue weighted by Gasteiger charge is 2.18. The van der Waals surface area contributed by atoms with Crippen molar-refractivity contribution in [2.45, 2.75) is 0 Å². The molecule has 0 atom stereocenters. The van der Waals surface area contributed by atoms with Crippen LogP contribution in [0.4, 0.5) is 0 Å². The highest BCUT2D eigenvalue weighted by Crippen LogP contribution is 2.44. The Kier molecular flexibility index (Phi) is 26.7. The van der Waals surface area contributed by atoms with Crippen LogP contribution in [0.25, 0.3) is 234 Å². The minimum Gasteiger partial charge on any atom is -0.265 e. The maximum Gasteiger partial charge on any atom is 0.115 e. The van der Waals surface area contributed by atoms with Crippen molar-refractivity contribution in [2.24, 2.45) is 0 Å². The van der Waals surface area contributed by atoms with Crippen LogP contribution in [0.1, 0.15) is 0 Å². The molecule has 18 aromatic carbocycles. The molecular weight excluding hydrogens is 1750 g/mol. The van der Waals surface area contributed by atoms with Crippen molar-refractivity contribution in [3.05, 3.63) is 572 Å². The van der Waals surface area contributed by atoms with Crippen molar-refractivity contribution in [2.75, 3.05) is 0 Å². The van der Waals surface area contributed by atoms with Crippen molar-refractivity contribution in [3.8, 4) is 234 Å². The third-order valence-corrected chi connectivity index (χ3v) is 26.3. The van der Waals surface area contributed by atoms with Gasteiger partial charge in [-0.15, -0.1) is 0 Å². The van der Waals surface area contributed by atoms with Gasteiger partial charge in [-0.05, 0) is 375 Å². The Hall–Kier alpha value is -19.3. The van der Waals surface area contributed by atoms with Gasteiger partial charge in [-0.3, -0.25) is 19.9 Å². The summed E-state index contributed by atoms with van der Waals surface area (Å²) in [5.41, 5.74) is 48.7. The lowest BCUT2D eigenvalue weighted by Crippen LogP contribution is -1.88. The van der Waals surface area contributed by atoms with E-state index in [1.807, 2.05) is 86.5 Å². The number of aromatic nitrogens is 8. The molecule has 0 aliphatic heterocycles. The molecule has 24 aromatic rings. The van der Waals surface area contributed by atoms with Crippen molar-refractivity contribution >= 4 is 0 Å². The monoisotopic (exact) mass is 1840 g/mol. The Bertz CT molecular complexity index is 7360. The summed E-state index contributed by atoms with van der Waals surface area (Å²) in [6.07, 6.45) is 25.3. The Labute approximate surface area is 840 Å². The molecule has 0 saturated heterocycles. The maximum atomic E-state index is 4.32. The highest BCUT2D eigenvalue weighted by atomic mass is 14.8. The Balaban J connectivity index is 0.000000123. The van der Waals surface area contributed by atoms with Gasteiger partial charge >= 0.3 is 0 Å². The van der Waals surface area contributed by atoms with Gasteiger partial charge in [0.25, 0.3) is 0 Å². The first-order valence-corrected chi connectivity index (χ1v) is 48.3. The van der Waals surface area contributed by atoms with Gasteiger partial charge in [0.05, 0.1) is 0 Å². The van der Waals surface area contributed by atoms with Gasteiger partial charge in [-0.25, -0.2) is 19.9 Å². The van der Waals surface area contributed by atoms with Crippen molar-refractivity contribution in [3.63, 3.8) is 0 Å². The molecule has 0 fully saturated rings. The van der Waals surface area contributed by atoms with Gasteiger partial charge in [-0.1, -0.05) is 322 Å². The predicted molar refractivity (Wildman–Crippen MR) is 596 cm³/mol. The molecule has 0 aliphatic rings. The summed E-state index contributed by atoms with van der Waals surface area (Å²) in [7, 11) is 0. The van der Waals surface area contributed by atoms with E-state index in [1.54, 1.807) is 12.7 Å². The van der Waals surface area contributed by atoms with E-state index >= 15 is 0 Å². The Morgan fingerprint density at radius 1 is 0.0764 bits per heavy atom. The van der Waals surface area contributed by atoms with Gasteiger partial charge < -0.3 is 0 Å². The minimum atomic E-state index is 0.999. The second kappa shape index (κ2) is 42.8. The summed E-state index contributed by atoms with van der Waals surface area (Å²) in [5.74, 6) is 0. The first kappa shape index (κ1) is 89.9. The van der Waals surface area contributed by atoms with E-state index in [9.17, 15) is 0 Å². The van der Waals surface area contributed by atoms with E-state index in [0.29, 0.717) is 0 Å². The van der Waals surface area contributed by atoms with Crippen LogP contribution in [0.2, 0.25) is 0 Å². The zero-order chi connectivity index (χ0) is 96.4. The third-order valence-electron chi connectivity index (χ3n) is 26.3. The second-order valence-electron chi connectivity index (χ2n) is 35.7. The molecule has 144 heavy (non-hydrogen) atoms. The van der Waals surface area contributed by atoms with Gasteiger partial charge in [0.2, 0.25) is 0 Å². The third kappa shape index (κ3) is 21.2. The number of benzene rings is 18. The topological polar surface area (TPSA) is 103 Å². The lowest BCUT2D eigenvalue weighted by molar-refractivity contribution is 1.17. The largest absolute Gasteiger partial charge is 0.265 e. The van der Waals surface area contributed by atoms with E-state index < -0.39 is 0 Å². The number of hydrogen-bond acceptors (Lipinski definition) is 8. The Morgan fingerprint density at radius 3 is 0.396 bits per heavy atom. The second-order valence-corrected chi connectivity index (χ2v) is 35.7. The normalized spacial score (nSPS) is 10.9. The number of pyridine rings is 4. The van der Waals surface area contributed by atoms with Crippen LogP contribution in [0, 0.1) is 0 Å². The zero-order valence-corrected chi connectivity index (χ0v) is 78.8. The van der Waals surface area contributed by atoms with E-state index in [0.717, 1.165) is 100 Å². The zero-order valence-electron chi connectivity index (χ0n) is 78.8. The molecule has 0 bridgehead atoms. The van der Waals surface area contributed by atoms with E-state index in [2.05, 4.69) is 513 Å². The first-order chi connectivity index (χ1) is 71.3. The van der Waals surface area contributed by atoms with Crippen LogP contribution in [-0.2, 0) is 0 Å². The van der Waals surface area contributed by atoms with Crippen LogP contribution in [0.15, 0.2) is 572 Å². The molecular formula is C136H94N8. The number of nitrogens with zero attached hydrogens (tertiary/aromatic N) is 8. The standard InChI is InChI=1S/2C46H32N2.C44H30N4/c1-2-10-33(11-3-1)44-28-45(40-18-6-14-36(26-40)34-12-4-16-38(24-34)42-20-8-22-47-31-42)30-46(29-44)41-19-7-15-37(27-41)35-13-5-17-39(25-35)43-21-9-23-48-32-43;1-2-8-33(9-3-1)44-30-45(42-16-6-14-40(28-42)38-12-4-10-36(26-38)34-18-22-47-23-19-34)32-46(31-44)43-17-7-15-41(29-43)39-13-5-11-37(27-39)35-20-24-48-25-21-35;1-2-8-31(9-3-1)40-22-41(36-14-4-10-32(18-36)34-12-6-16-38(20-34)43-25-45-29-46-26-43)24-42(23-40)37-15-5-11-33(19-37)35-13-7-17-39(21-35)44-27-47-30-48-28-44/h2*1-32H;1-30H. The fourth-order valence-electron chi connectivity index (χ4n) is 18.9. The molecule has 8 heteroatoms. The van der Waals surface area contributed by atoms with Crippen LogP contribution in [-0.4, -0.2) is 39.9 Å². The molecule has 0 N–H and O–H groups in total. The maximum absolute atomic E-state index is 4.32. The van der Waals surface area contributed by atoms with Crippen LogP contribution in [0.5, 0.6) is 0 Å².